The van der Waals surface area contributed by atoms with E-state index < -0.39 is 0 Å². The fourth-order valence-corrected chi connectivity index (χ4v) is 2.61. The van der Waals surface area contributed by atoms with E-state index in [0.717, 1.165) is 11.8 Å². The molecule has 0 aliphatic heterocycles. The summed E-state index contributed by atoms with van der Waals surface area (Å²) in [5.74, 6) is 2.07. The molecule has 0 atom stereocenters. The highest BCUT2D eigenvalue weighted by Crippen LogP contribution is 2.22. The molecule has 0 unspecified atom stereocenters. The van der Waals surface area contributed by atoms with Gasteiger partial charge in [-0.15, -0.1) is 0 Å². The minimum atomic E-state index is 1.04. The van der Waals surface area contributed by atoms with E-state index in [9.17, 15) is 0 Å². The minimum Gasteiger partial charge on any atom is -0.0683 e. The molecule has 0 saturated heterocycles. The molecule has 0 heteroatoms. The second kappa shape index (κ2) is 11.5. The van der Waals surface area contributed by atoms with E-state index in [1.54, 1.807) is 0 Å². The molecule has 16 heavy (non-hydrogen) atoms. The molecule has 2 aliphatic rings. The van der Waals surface area contributed by atoms with Crippen molar-refractivity contribution in [2.75, 3.05) is 0 Å². The van der Waals surface area contributed by atoms with E-state index in [4.69, 9.17) is 0 Å². The van der Waals surface area contributed by atoms with Gasteiger partial charge in [-0.1, -0.05) is 91.9 Å². The molecule has 0 aromatic carbocycles. The van der Waals surface area contributed by atoms with Gasteiger partial charge in [0.1, 0.15) is 0 Å². The summed E-state index contributed by atoms with van der Waals surface area (Å²) in [6, 6.07) is 0. The Morgan fingerprint density at radius 2 is 0.750 bits per heavy atom. The van der Waals surface area contributed by atoms with Gasteiger partial charge in [-0.25, -0.2) is 0 Å². The predicted octanol–water partition coefficient (Wildman–Crippen LogP) is 6.20. The maximum atomic E-state index is 2.36. The third-order valence-electron chi connectivity index (χ3n) is 3.79. The normalized spacial score (nSPS) is 22.5. The Balaban J connectivity index is 0.000000244. The van der Waals surface area contributed by atoms with E-state index >= 15 is 0 Å². The molecule has 0 N–H and O–H groups in total. The van der Waals surface area contributed by atoms with Crippen LogP contribution in [-0.2, 0) is 0 Å². The van der Waals surface area contributed by atoms with Crippen molar-refractivity contribution >= 4 is 0 Å². The molecule has 98 valence electrons. The molecule has 2 fully saturated rings. The summed E-state index contributed by atoms with van der Waals surface area (Å²) in [4.78, 5) is 0. The number of hydrogen-bond acceptors (Lipinski definition) is 0. The van der Waals surface area contributed by atoms with Gasteiger partial charge in [-0.2, -0.15) is 0 Å². The van der Waals surface area contributed by atoms with Crippen LogP contribution in [0.5, 0.6) is 0 Å². The van der Waals surface area contributed by atoms with E-state index in [-0.39, 0.29) is 0 Å². The van der Waals surface area contributed by atoms with Crippen LogP contribution in [0.3, 0.4) is 0 Å². The molecule has 2 rings (SSSR count). The highest BCUT2D eigenvalue weighted by molar-refractivity contribution is 4.60. The molecule has 0 bridgehead atoms. The molecule has 2 saturated carbocycles. The van der Waals surface area contributed by atoms with Crippen molar-refractivity contribution < 1.29 is 0 Å². The fraction of sp³-hybridized carbons (Fsp3) is 1.00. The van der Waals surface area contributed by atoms with Gasteiger partial charge in [-0.3, -0.25) is 0 Å². The van der Waals surface area contributed by atoms with Gasteiger partial charge in [0.05, 0.1) is 0 Å². The van der Waals surface area contributed by atoms with Crippen molar-refractivity contribution in [3.8, 4) is 0 Å². The lowest BCUT2D eigenvalue weighted by molar-refractivity contribution is 0.385. The molecule has 0 spiro atoms. The zero-order valence-corrected chi connectivity index (χ0v) is 12.2. The van der Waals surface area contributed by atoms with Crippen molar-refractivity contribution in [3.63, 3.8) is 0 Å². The molecule has 0 radical (unpaired) electrons. The summed E-state index contributed by atoms with van der Waals surface area (Å²) in [6.07, 6.45) is 14.9. The van der Waals surface area contributed by atoms with Gasteiger partial charge < -0.3 is 0 Å². The largest absolute Gasteiger partial charge is 0.0683 e. The van der Waals surface area contributed by atoms with Crippen LogP contribution in [0.2, 0.25) is 0 Å². The van der Waals surface area contributed by atoms with Gasteiger partial charge >= 0.3 is 0 Å². The van der Waals surface area contributed by atoms with Crippen LogP contribution in [0.1, 0.15) is 91.9 Å². The second-order valence-corrected chi connectivity index (χ2v) is 5.49. The third kappa shape index (κ3) is 9.24. The number of rotatable bonds is 0. The molecule has 0 nitrogen and oxygen atoms in total. The Bertz CT molecular complexity index is 100. The number of hydrogen-bond donors (Lipinski definition) is 0. The topological polar surface area (TPSA) is 0 Å². The fourth-order valence-electron chi connectivity index (χ4n) is 2.61. The van der Waals surface area contributed by atoms with Crippen molar-refractivity contribution in [1.82, 2.24) is 0 Å². The van der Waals surface area contributed by atoms with Gasteiger partial charge in [0.2, 0.25) is 0 Å². The summed E-state index contributed by atoms with van der Waals surface area (Å²) in [7, 11) is 0. The second-order valence-electron chi connectivity index (χ2n) is 5.49. The molecular weight excluding hydrogens is 192 g/mol. The van der Waals surface area contributed by atoms with E-state index in [1.807, 2.05) is 13.8 Å². The van der Waals surface area contributed by atoms with Crippen molar-refractivity contribution in [2.45, 2.75) is 91.9 Å². The Morgan fingerprint density at radius 3 is 0.875 bits per heavy atom. The first-order valence-electron chi connectivity index (χ1n) is 7.79. The third-order valence-corrected chi connectivity index (χ3v) is 3.79. The lowest BCUT2D eigenvalue weighted by Crippen LogP contribution is -1.99. The molecule has 0 aromatic rings. The first-order chi connectivity index (χ1) is 7.79. The first-order valence-corrected chi connectivity index (χ1v) is 7.79. The predicted molar refractivity (Wildman–Crippen MR) is 75.8 cm³/mol. The van der Waals surface area contributed by atoms with Crippen molar-refractivity contribution in [1.29, 1.82) is 0 Å². The average Bonchev–Trinajstić information content (AvgIpc) is 2.34. The first kappa shape index (κ1) is 16.0. The molecule has 0 heterocycles. The highest BCUT2D eigenvalue weighted by Gasteiger charge is 2.06. The quantitative estimate of drug-likeness (QED) is 0.461. The van der Waals surface area contributed by atoms with E-state index in [0.29, 0.717) is 0 Å². The van der Waals surface area contributed by atoms with E-state index in [2.05, 4.69) is 13.8 Å². The SMILES string of the molecule is CC.CC1CCCCC1.CC1CCCCC1. The molecule has 0 aromatic heterocycles. The average molecular weight is 226 g/mol. The standard InChI is InChI=1S/2C7H14.C2H6/c2*1-7-5-3-2-4-6-7;1-2/h2*7H,2-6H2,1H3;1-2H3. The molecule has 2 aliphatic carbocycles. The van der Waals surface area contributed by atoms with Crippen LogP contribution < -0.4 is 0 Å². The van der Waals surface area contributed by atoms with Crippen LogP contribution >= 0.6 is 0 Å². The van der Waals surface area contributed by atoms with Crippen LogP contribution in [0, 0.1) is 11.8 Å². The maximum absolute atomic E-state index is 2.36. The zero-order valence-electron chi connectivity index (χ0n) is 12.2. The lowest BCUT2D eigenvalue weighted by Gasteiger charge is -2.15. The zero-order chi connectivity index (χ0) is 12.2. The summed E-state index contributed by atoms with van der Waals surface area (Å²) in [5, 5.41) is 0. The Hall–Kier alpha value is 0. The monoisotopic (exact) mass is 226 g/mol. The van der Waals surface area contributed by atoms with Gasteiger partial charge in [0.15, 0.2) is 0 Å². The Labute approximate surface area is 104 Å². The Kier molecular flexibility index (Phi) is 11.5. The van der Waals surface area contributed by atoms with Crippen LogP contribution in [0.25, 0.3) is 0 Å². The molecular formula is C16H34. The summed E-state index contributed by atoms with van der Waals surface area (Å²) < 4.78 is 0. The van der Waals surface area contributed by atoms with E-state index in [1.165, 1.54) is 64.2 Å². The summed E-state index contributed by atoms with van der Waals surface area (Å²) in [6.45, 7) is 8.72. The maximum Gasteiger partial charge on any atom is -0.0443 e. The van der Waals surface area contributed by atoms with Crippen LogP contribution in [-0.4, -0.2) is 0 Å². The summed E-state index contributed by atoms with van der Waals surface area (Å²) >= 11 is 0. The van der Waals surface area contributed by atoms with Crippen LogP contribution in [0.4, 0.5) is 0 Å². The van der Waals surface area contributed by atoms with Gasteiger partial charge in [-0.05, 0) is 11.8 Å². The lowest BCUT2D eigenvalue weighted by atomic mass is 9.91. The summed E-state index contributed by atoms with van der Waals surface area (Å²) in [5.41, 5.74) is 0. The Morgan fingerprint density at radius 1 is 0.500 bits per heavy atom. The van der Waals surface area contributed by atoms with Crippen molar-refractivity contribution in [2.24, 2.45) is 11.8 Å². The highest BCUT2D eigenvalue weighted by atomic mass is 14.1. The minimum absolute atomic E-state index is 1.04. The smallest absolute Gasteiger partial charge is 0.0443 e. The van der Waals surface area contributed by atoms with Gasteiger partial charge in [0.25, 0.3) is 0 Å². The van der Waals surface area contributed by atoms with Crippen molar-refractivity contribution in [3.05, 3.63) is 0 Å². The van der Waals surface area contributed by atoms with Crippen LogP contribution in [0.15, 0.2) is 0 Å². The van der Waals surface area contributed by atoms with Gasteiger partial charge in [0, 0.05) is 0 Å². The molecule has 0 amide bonds.